The predicted octanol–water partition coefficient (Wildman–Crippen LogP) is 2.26. The van der Waals surface area contributed by atoms with Crippen LogP contribution in [0.3, 0.4) is 0 Å². The summed E-state index contributed by atoms with van der Waals surface area (Å²) in [4.78, 5) is 3.85. The molecule has 1 aromatic heterocycles. The van der Waals surface area contributed by atoms with Gasteiger partial charge in [-0.3, -0.25) is 0 Å². The van der Waals surface area contributed by atoms with E-state index < -0.39 is 11.7 Å². The molecule has 1 saturated carbocycles. The predicted molar refractivity (Wildman–Crippen MR) is 58.8 cm³/mol. The van der Waals surface area contributed by atoms with E-state index >= 15 is 0 Å². The topological polar surface area (TPSA) is 37.0 Å². The maximum absolute atomic E-state index is 12.4. The monoisotopic (exact) mass is 245 g/mol. The Hall–Kier alpha value is -1.30. The molecule has 1 aliphatic carbocycles. The molecule has 2 rings (SSSR count). The summed E-state index contributed by atoms with van der Waals surface area (Å²) < 4.78 is 37.2. The first-order chi connectivity index (χ1) is 8.05. The number of pyridine rings is 1. The van der Waals surface area contributed by atoms with Gasteiger partial charge in [-0.2, -0.15) is 13.2 Å². The Labute approximate surface area is 97.4 Å². The van der Waals surface area contributed by atoms with Gasteiger partial charge in [0, 0.05) is 25.3 Å². The van der Waals surface area contributed by atoms with Gasteiger partial charge in [0.05, 0.1) is 5.56 Å². The number of aromatic nitrogens is 1. The van der Waals surface area contributed by atoms with E-state index in [1.54, 1.807) is 0 Å². The first-order valence-electron chi connectivity index (χ1n) is 5.56. The molecule has 94 valence electrons. The third-order valence-electron chi connectivity index (χ3n) is 2.53. The van der Waals surface area contributed by atoms with Crippen molar-refractivity contribution in [3.63, 3.8) is 0 Å². The maximum Gasteiger partial charge on any atom is 0.416 e. The molecule has 3 nitrogen and oxygen atoms in total. The molecule has 0 radical (unpaired) electrons. The zero-order chi connectivity index (χ0) is 12.3. The Morgan fingerprint density at radius 1 is 1.29 bits per heavy atom. The number of anilines is 1. The molecule has 0 amide bonds. The number of hydrogen-bond donors (Lipinski definition) is 2. The minimum Gasteiger partial charge on any atom is -0.369 e. The van der Waals surface area contributed by atoms with Crippen LogP contribution in [0.5, 0.6) is 0 Å². The van der Waals surface area contributed by atoms with Gasteiger partial charge in [-0.25, -0.2) is 4.98 Å². The number of nitrogens with zero attached hydrogens (tertiary/aromatic N) is 1. The number of nitrogens with one attached hydrogen (secondary N) is 2. The summed E-state index contributed by atoms with van der Waals surface area (Å²) in [7, 11) is 0. The van der Waals surface area contributed by atoms with E-state index in [0.717, 1.165) is 18.7 Å². The van der Waals surface area contributed by atoms with Crippen LogP contribution in [-0.2, 0) is 6.18 Å². The van der Waals surface area contributed by atoms with Crippen LogP contribution in [0.25, 0.3) is 0 Å². The van der Waals surface area contributed by atoms with E-state index in [2.05, 4.69) is 15.6 Å². The van der Waals surface area contributed by atoms with Crippen LogP contribution in [0.4, 0.5) is 19.0 Å². The van der Waals surface area contributed by atoms with Gasteiger partial charge in [0.25, 0.3) is 0 Å². The van der Waals surface area contributed by atoms with Crippen molar-refractivity contribution in [2.24, 2.45) is 0 Å². The molecule has 0 saturated heterocycles. The second-order valence-electron chi connectivity index (χ2n) is 4.08. The normalized spacial score (nSPS) is 15.9. The van der Waals surface area contributed by atoms with Crippen molar-refractivity contribution in [3.8, 4) is 0 Å². The first-order valence-corrected chi connectivity index (χ1v) is 5.56. The molecule has 0 aliphatic heterocycles. The Morgan fingerprint density at radius 2 is 2.06 bits per heavy atom. The molecule has 6 heteroatoms. The summed E-state index contributed by atoms with van der Waals surface area (Å²) in [5.41, 5.74) is -0.676. The Kier molecular flexibility index (Phi) is 3.51. The fourth-order valence-corrected chi connectivity index (χ4v) is 1.46. The lowest BCUT2D eigenvalue weighted by atomic mass is 10.2. The van der Waals surface area contributed by atoms with Crippen molar-refractivity contribution in [3.05, 3.63) is 23.9 Å². The molecule has 0 unspecified atom stereocenters. The number of halogens is 3. The highest BCUT2D eigenvalue weighted by molar-refractivity contribution is 5.38. The third-order valence-corrected chi connectivity index (χ3v) is 2.53. The lowest BCUT2D eigenvalue weighted by molar-refractivity contribution is -0.137. The molecular formula is C11H14F3N3. The first kappa shape index (κ1) is 12.2. The quantitative estimate of drug-likeness (QED) is 0.781. The average Bonchev–Trinajstić information content (AvgIpc) is 3.08. The molecule has 1 aromatic rings. The van der Waals surface area contributed by atoms with Crippen LogP contribution in [-0.4, -0.2) is 24.1 Å². The molecule has 0 bridgehead atoms. The fraction of sp³-hybridized carbons (Fsp3) is 0.545. The minimum atomic E-state index is -4.31. The van der Waals surface area contributed by atoms with E-state index in [9.17, 15) is 13.2 Å². The van der Waals surface area contributed by atoms with Gasteiger partial charge in [0.2, 0.25) is 0 Å². The number of alkyl halides is 3. The van der Waals surface area contributed by atoms with Crippen molar-refractivity contribution >= 4 is 5.82 Å². The smallest absolute Gasteiger partial charge is 0.369 e. The molecule has 1 fully saturated rings. The van der Waals surface area contributed by atoms with Gasteiger partial charge in [-0.15, -0.1) is 0 Å². The zero-order valence-corrected chi connectivity index (χ0v) is 9.22. The second-order valence-corrected chi connectivity index (χ2v) is 4.08. The van der Waals surface area contributed by atoms with E-state index in [1.807, 2.05) is 0 Å². The second kappa shape index (κ2) is 4.91. The van der Waals surface area contributed by atoms with Crippen molar-refractivity contribution in [2.45, 2.75) is 25.1 Å². The summed E-state index contributed by atoms with van der Waals surface area (Å²) in [5.74, 6) is 0.262. The third kappa shape index (κ3) is 3.89. The van der Waals surface area contributed by atoms with Crippen LogP contribution in [0.15, 0.2) is 18.3 Å². The Bertz CT molecular complexity index is 374. The lowest BCUT2D eigenvalue weighted by Crippen LogP contribution is -2.24. The molecule has 1 heterocycles. The van der Waals surface area contributed by atoms with Gasteiger partial charge in [-0.1, -0.05) is 0 Å². The molecule has 0 atom stereocenters. The highest BCUT2D eigenvalue weighted by Gasteiger charge is 2.30. The summed E-state index contributed by atoms with van der Waals surface area (Å²) in [5, 5.41) is 6.13. The van der Waals surface area contributed by atoms with Gasteiger partial charge in [-0.05, 0) is 25.0 Å². The summed E-state index contributed by atoms with van der Waals surface area (Å²) >= 11 is 0. The molecule has 2 N–H and O–H groups in total. The highest BCUT2D eigenvalue weighted by Crippen LogP contribution is 2.29. The summed E-state index contributed by atoms with van der Waals surface area (Å²) in [6, 6.07) is 2.59. The maximum atomic E-state index is 12.4. The van der Waals surface area contributed by atoms with Crippen molar-refractivity contribution in [1.82, 2.24) is 10.3 Å². The van der Waals surface area contributed by atoms with E-state index in [1.165, 1.54) is 19.0 Å². The molecule has 0 aromatic carbocycles. The Morgan fingerprint density at radius 3 is 2.71 bits per heavy atom. The lowest BCUT2D eigenvalue weighted by Gasteiger charge is -2.09. The number of hydrogen-bond acceptors (Lipinski definition) is 3. The van der Waals surface area contributed by atoms with Crippen LogP contribution in [0.1, 0.15) is 18.4 Å². The van der Waals surface area contributed by atoms with E-state index in [4.69, 9.17) is 0 Å². The minimum absolute atomic E-state index is 0.262. The van der Waals surface area contributed by atoms with Gasteiger partial charge >= 0.3 is 6.18 Å². The summed E-state index contributed by atoms with van der Waals surface area (Å²) in [6.07, 6.45) is -0.755. The van der Waals surface area contributed by atoms with Crippen molar-refractivity contribution < 1.29 is 13.2 Å². The van der Waals surface area contributed by atoms with E-state index in [0.29, 0.717) is 12.6 Å². The van der Waals surface area contributed by atoms with Crippen LogP contribution in [0.2, 0.25) is 0 Å². The molecule has 17 heavy (non-hydrogen) atoms. The van der Waals surface area contributed by atoms with Crippen LogP contribution < -0.4 is 10.6 Å². The molecule has 0 spiro atoms. The van der Waals surface area contributed by atoms with Gasteiger partial charge in [0.1, 0.15) is 5.82 Å². The van der Waals surface area contributed by atoms with Crippen LogP contribution >= 0.6 is 0 Å². The zero-order valence-electron chi connectivity index (χ0n) is 9.22. The largest absolute Gasteiger partial charge is 0.416 e. The Balaban J connectivity index is 1.82. The van der Waals surface area contributed by atoms with E-state index in [-0.39, 0.29) is 5.82 Å². The summed E-state index contributed by atoms with van der Waals surface area (Å²) in [6.45, 7) is 1.31. The van der Waals surface area contributed by atoms with Crippen molar-refractivity contribution in [1.29, 1.82) is 0 Å². The van der Waals surface area contributed by atoms with Crippen LogP contribution in [0, 0.1) is 0 Å². The average molecular weight is 245 g/mol. The highest BCUT2D eigenvalue weighted by atomic mass is 19.4. The van der Waals surface area contributed by atoms with Gasteiger partial charge in [0.15, 0.2) is 0 Å². The standard InChI is InChI=1S/C11H14F3N3/c12-11(13,14)8-3-4-16-10(7-8)17-6-5-15-9-1-2-9/h3-4,7,9,15H,1-2,5-6H2,(H,16,17). The fourth-order valence-electron chi connectivity index (χ4n) is 1.46. The molecular weight excluding hydrogens is 231 g/mol. The number of rotatable bonds is 5. The molecule has 1 aliphatic rings. The van der Waals surface area contributed by atoms with Gasteiger partial charge < -0.3 is 10.6 Å². The van der Waals surface area contributed by atoms with Crippen molar-refractivity contribution in [2.75, 3.05) is 18.4 Å². The SMILES string of the molecule is FC(F)(F)c1ccnc(NCCNC2CC2)c1.